The molecular formula is C11H11BrN2OS. The molecule has 0 aromatic heterocycles. The Morgan fingerprint density at radius 2 is 2.38 bits per heavy atom. The average Bonchev–Trinajstić information content (AvgIpc) is 2.64. The number of benzene rings is 1. The number of thioether (sulfide) groups is 1. The Morgan fingerprint density at radius 1 is 1.56 bits per heavy atom. The highest BCUT2D eigenvalue weighted by Gasteiger charge is 2.20. The van der Waals surface area contributed by atoms with Crippen molar-refractivity contribution in [2.24, 2.45) is 0 Å². The van der Waals surface area contributed by atoms with Crippen LogP contribution in [0.1, 0.15) is 10.4 Å². The van der Waals surface area contributed by atoms with Gasteiger partial charge in [-0.1, -0.05) is 39.8 Å². The highest BCUT2D eigenvalue weighted by atomic mass is 79.9. The van der Waals surface area contributed by atoms with Crippen molar-refractivity contribution in [3.05, 3.63) is 34.3 Å². The van der Waals surface area contributed by atoms with Gasteiger partial charge in [-0.2, -0.15) is 0 Å². The summed E-state index contributed by atoms with van der Waals surface area (Å²) in [5.74, 6) is 0.971. The standard InChI is InChI=1S/C11H11BrN2OS/c12-9-3-1-2-8(6-9)10(15)7-14-4-5-16-11(14)13/h1-3,6,13H,4-5,7H2. The number of Topliss-reactive ketones (excluding diaryl/α,β-unsaturated/α-hetero) is 1. The summed E-state index contributed by atoms with van der Waals surface area (Å²) in [6, 6.07) is 7.36. The number of ketones is 1. The Bertz CT molecular complexity index is 436. The molecular weight excluding hydrogens is 288 g/mol. The summed E-state index contributed by atoms with van der Waals surface area (Å²) < 4.78 is 0.907. The molecule has 0 amide bonds. The summed E-state index contributed by atoms with van der Waals surface area (Å²) in [4.78, 5) is 13.7. The molecule has 0 atom stereocenters. The van der Waals surface area contributed by atoms with E-state index >= 15 is 0 Å². The molecule has 1 fully saturated rings. The lowest BCUT2D eigenvalue weighted by atomic mass is 10.1. The zero-order valence-corrected chi connectivity index (χ0v) is 11.0. The van der Waals surface area contributed by atoms with Crippen LogP contribution in [-0.2, 0) is 0 Å². The predicted octanol–water partition coefficient (Wildman–Crippen LogP) is 2.62. The monoisotopic (exact) mass is 298 g/mol. The number of hydrogen-bond donors (Lipinski definition) is 1. The fourth-order valence-corrected chi connectivity index (χ4v) is 2.77. The molecule has 0 radical (unpaired) electrons. The Kier molecular flexibility index (Phi) is 3.66. The van der Waals surface area contributed by atoms with Gasteiger partial charge in [-0.15, -0.1) is 0 Å². The van der Waals surface area contributed by atoms with Crippen LogP contribution in [0.2, 0.25) is 0 Å². The molecule has 0 bridgehead atoms. The van der Waals surface area contributed by atoms with Crippen LogP contribution in [0.5, 0.6) is 0 Å². The number of rotatable bonds is 3. The smallest absolute Gasteiger partial charge is 0.182 e. The van der Waals surface area contributed by atoms with Crippen molar-refractivity contribution in [1.29, 1.82) is 5.41 Å². The summed E-state index contributed by atoms with van der Waals surface area (Å²) in [7, 11) is 0. The van der Waals surface area contributed by atoms with Crippen LogP contribution < -0.4 is 0 Å². The lowest BCUT2D eigenvalue weighted by molar-refractivity contribution is 0.0966. The van der Waals surface area contributed by atoms with Gasteiger partial charge in [0.25, 0.3) is 0 Å². The Labute approximate surface area is 107 Å². The van der Waals surface area contributed by atoms with E-state index in [1.54, 1.807) is 6.07 Å². The molecule has 2 rings (SSSR count). The van der Waals surface area contributed by atoms with Crippen LogP contribution in [0.25, 0.3) is 0 Å². The van der Waals surface area contributed by atoms with Crippen molar-refractivity contribution in [1.82, 2.24) is 4.90 Å². The maximum Gasteiger partial charge on any atom is 0.182 e. The summed E-state index contributed by atoms with van der Waals surface area (Å²) in [6.45, 7) is 1.10. The molecule has 1 aliphatic heterocycles. The van der Waals surface area contributed by atoms with Gasteiger partial charge in [0.1, 0.15) is 0 Å². The average molecular weight is 299 g/mol. The maximum atomic E-state index is 11.9. The van der Waals surface area contributed by atoms with Crippen molar-refractivity contribution in [2.75, 3.05) is 18.8 Å². The minimum Gasteiger partial charge on any atom is -0.343 e. The van der Waals surface area contributed by atoms with E-state index in [0.29, 0.717) is 17.3 Å². The molecule has 0 unspecified atom stereocenters. The summed E-state index contributed by atoms with van der Waals surface area (Å²) in [6.07, 6.45) is 0. The lowest BCUT2D eigenvalue weighted by Crippen LogP contribution is -2.30. The second-order valence-electron chi connectivity index (χ2n) is 3.51. The molecule has 0 aliphatic carbocycles. The van der Waals surface area contributed by atoms with E-state index in [2.05, 4.69) is 15.9 Å². The molecule has 1 N–H and O–H groups in total. The first-order valence-electron chi connectivity index (χ1n) is 4.92. The van der Waals surface area contributed by atoms with Crippen molar-refractivity contribution in [3.8, 4) is 0 Å². The van der Waals surface area contributed by atoms with Gasteiger partial charge in [-0.25, -0.2) is 0 Å². The molecule has 84 valence electrons. The van der Waals surface area contributed by atoms with Crippen LogP contribution in [-0.4, -0.2) is 34.7 Å². The molecule has 3 nitrogen and oxygen atoms in total. The van der Waals surface area contributed by atoms with E-state index in [9.17, 15) is 4.79 Å². The van der Waals surface area contributed by atoms with Gasteiger partial charge < -0.3 is 4.90 Å². The fraction of sp³-hybridized carbons (Fsp3) is 0.273. The Morgan fingerprint density at radius 3 is 3.00 bits per heavy atom. The van der Waals surface area contributed by atoms with Gasteiger partial charge >= 0.3 is 0 Å². The first-order valence-corrected chi connectivity index (χ1v) is 6.70. The predicted molar refractivity (Wildman–Crippen MR) is 70.2 cm³/mol. The van der Waals surface area contributed by atoms with Crippen LogP contribution in [0, 0.1) is 5.41 Å². The minimum atomic E-state index is 0.0635. The van der Waals surface area contributed by atoms with E-state index in [1.165, 1.54) is 11.8 Å². The first-order chi connectivity index (χ1) is 7.66. The third-order valence-electron chi connectivity index (χ3n) is 2.37. The van der Waals surface area contributed by atoms with Gasteiger partial charge in [-0.3, -0.25) is 10.2 Å². The van der Waals surface area contributed by atoms with E-state index in [4.69, 9.17) is 5.41 Å². The largest absolute Gasteiger partial charge is 0.343 e. The molecule has 1 saturated heterocycles. The number of carbonyl (C=O) groups is 1. The van der Waals surface area contributed by atoms with Crippen molar-refractivity contribution in [2.45, 2.75) is 0 Å². The fourth-order valence-electron chi connectivity index (χ4n) is 1.52. The second-order valence-corrected chi connectivity index (χ2v) is 5.51. The number of nitrogens with zero attached hydrogens (tertiary/aromatic N) is 1. The highest BCUT2D eigenvalue weighted by Crippen LogP contribution is 2.17. The molecule has 0 saturated carbocycles. The summed E-state index contributed by atoms with van der Waals surface area (Å²) in [5.41, 5.74) is 0.694. The minimum absolute atomic E-state index is 0.0635. The third-order valence-corrected chi connectivity index (χ3v) is 3.78. The SMILES string of the molecule is N=C1SCCN1CC(=O)c1cccc(Br)c1. The van der Waals surface area contributed by atoms with Crippen molar-refractivity contribution >= 4 is 38.6 Å². The molecule has 16 heavy (non-hydrogen) atoms. The molecule has 1 aromatic carbocycles. The quantitative estimate of drug-likeness (QED) is 0.873. The number of hydrogen-bond acceptors (Lipinski definition) is 3. The maximum absolute atomic E-state index is 11.9. The molecule has 5 heteroatoms. The van der Waals surface area contributed by atoms with Gasteiger partial charge in [0.05, 0.1) is 6.54 Å². The highest BCUT2D eigenvalue weighted by molar-refractivity contribution is 9.10. The van der Waals surface area contributed by atoms with Gasteiger partial charge in [-0.05, 0) is 12.1 Å². The number of halogens is 1. The summed E-state index contributed by atoms with van der Waals surface area (Å²) >= 11 is 4.84. The van der Waals surface area contributed by atoms with Crippen LogP contribution in [0.15, 0.2) is 28.7 Å². The van der Waals surface area contributed by atoms with E-state index < -0.39 is 0 Å². The molecule has 1 aromatic rings. The lowest BCUT2D eigenvalue weighted by Gasteiger charge is -2.15. The van der Waals surface area contributed by atoms with E-state index in [1.807, 2.05) is 23.1 Å². The van der Waals surface area contributed by atoms with Crippen LogP contribution >= 0.6 is 27.7 Å². The normalized spacial score (nSPS) is 15.6. The van der Waals surface area contributed by atoms with Gasteiger partial charge in [0, 0.05) is 22.3 Å². The third kappa shape index (κ3) is 2.65. The van der Waals surface area contributed by atoms with Gasteiger partial charge in [0.2, 0.25) is 0 Å². The molecule has 1 aliphatic rings. The Hall–Kier alpha value is -0.810. The Balaban J connectivity index is 2.05. The number of amidine groups is 1. The van der Waals surface area contributed by atoms with Gasteiger partial charge in [0.15, 0.2) is 11.0 Å². The second kappa shape index (κ2) is 5.01. The molecule has 0 spiro atoms. The zero-order valence-electron chi connectivity index (χ0n) is 8.57. The van der Waals surface area contributed by atoms with Crippen molar-refractivity contribution in [3.63, 3.8) is 0 Å². The zero-order chi connectivity index (χ0) is 11.5. The van der Waals surface area contributed by atoms with Crippen LogP contribution in [0.3, 0.4) is 0 Å². The van der Waals surface area contributed by atoms with E-state index in [0.717, 1.165) is 16.8 Å². The molecule has 1 heterocycles. The number of carbonyl (C=O) groups excluding carboxylic acids is 1. The topological polar surface area (TPSA) is 44.2 Å². The van der Waals surface area contributed by atoms with E-state index in [-0.39, 0.29) is 5.78 Å². The number of nitrogens with one attached hydrogen (secondary N) is 1. The van der Waals surface area contributed by atoms with Crippen molar-refractivity contribution < 1.29 is 4.79 Å². The van der Waals surface area contributed by atoms with Crippen LogP contribution in [0.4, 0.5) is 0 Å². The summed E-state index contributed by atoms with van der Waals surface area (Å²) in [5, 5.41) is 8.13. The first kappa shape index (κ1) is 11.7.